The van der Waals surface area contributed by atoms with Gasteiger partial charge in [0, 0.05) is 6.54 Å². The molecular weight excluding hydrogens is 250 g/mol. The number of hydrogen-bond acceptors (Lipinski definition) is 2. The average molecular weight is 275 g/mol. The lowest BCUT2D eigenvalue weighted by atomic mass is 9.86. The Morgan fingerprint density at radius 2 is 1.85 bits per heavy atom. The van der Waals surface area contributed by atoms with Crippen LogP contribution in [0, 0.1) is 5.92 Å². The molecule has 1 aliphatic carbocycles. The SMILES string of the molecule is O=C(Cc1ccc(O)cc1)NCCCC1CCCCC1. The van der Waals surface area contributed by atoms with E-state index in [-0.39, 0.29) is 11.7 Å². The second-order valence-electron chi connectivity index (χ2n) is 5.84. The van der Waals surface area contributed by atoms with Crippen molar-refractivity contribution in [3.8, 4) is 5.75 Å². The number of carbonyl (C=O) groups is 1. The number of amides is 1. The molecule has 1 aromatic rings. The highest BCUT2D eigenvalue weighted by Crippen LogP contribution is 2.26. The van der Waals surface area contributed by atoms with Crippen LogP contribution in [-0.2, 0) is 11.2 Å². The molecule has 0 unspecified atom stereocenters. The Labute approximate surface area is 121 Å². The molecule has 2 rings (SSSR count). The fourth-order valence-corrected chi connectivity index (χ4v) is 2.96. The van der Waals surface area contributed by atoms with Crippen molar-refractivity contribution in [2.45, 2.75) is 51.4 Å². The van der Waals surface area contributed by atoms with Gasteiger partial charge in [-0.25, -0.2) is 0 Å². The van der Waals surface area contributed by atoms with Crippen LogP contribution in [0.2, 0.25) is 0 Å². The van der Waals surface area contributed by atoms with Crippen LogP contribution in [0.4, 0.5) is 0 Å². The van der Waals surface area contributed by atoms with Crippen molar-refractivity contribution in [2.75, 3.05) is 6.54 Å². The van der Waals surface area contributed by atoms with Crippen LogP contribution in [0.25, 0.3) is 0 Å². The highest BCUT2D eigenvalue weighted by atomic mass is 16.3. The van der Waals surface area contributed by atoms with Crippen molar-refractivity contribution >= 4 is 5.91 Å². The first-order chi connectivity index (χ1) is 9.74. The first-order valence-electron chi connectivity index (χ1n) is 7.78. The summed E-state index contributed by atoms with van der Waals surface area (Å²) in [5.41, 5.74) is 0.938. The molecule has 1 aromatic carbocycles. The molecule has 0 aliphatic heterocycles. The minimum Gasteiger partial charge on any atom is -0.508 e. The second kappa shape index (κ2) is 7.93. The second-order valence-corrected chi connectivity index (χ2v) is 5.84. The molecule has 0 aromatic heterocycles. The zero-order valence-corrected chi connectivity index (χ0v) is 12.1. The van der Waals surface area contributed by atoms with Crippen molar-refractivity contribution < 1.29 is 9.90 Å². The molecule has 1 amide bonds. The Balaban J connectivity index is 1.59. The topological polar surface area (TPSA) is 49.3 Å². The van der Waals surface area contributed by atoms with Gasteiger partial charge in [-0.15, -0.1) is 0 Å². The summed E-state index contributed by atoms with van der Waals surface area (Å²) >= 11 is 0. The smallest absolute Gasteiger partial charge is 0.224 e. The van der Waals surface area contributed by atoms with Gasteiger partial charge in [-0.2, -0.15) is 0 Å². The number of rotatable bonds is 6. The fourth-order valence-electron chi connectivity index (χ4n) is 2.96. The number of benzene rings is 1. The molecule has 0 radical (unpaired) electrons. The lowest BCUT2D eigenvalue weighted by Gasteiger charge is -2.21. The van der Waals surface area contributed by atoms with E-state index in [0.29, 0.717) is 6.42 Å². The summed E-state index contributed by atoms with van der Waals surface area (Å²) in [6.07, 6.45) is 9.66. The normalized spacial score (nSPS) is 16.0. The molecule has 0 bridgehead atoms. The highest BCUT2D eigenvalue weighted by Gasteiger charge is 2.12. The van der Waals surface area contributed by atoms with Gasteiger partial charge in [0.1, 0.15) is 5.75 Å². The van der Waals surface area contributed by atoms with Crippen LogP contribution in [0.5, 0.6) is 5.75 Å². The maximum atomic E-state index is 11.8. The van der Waals surface area contributed by atoms with Crippen LogP contribution >= 0.6 is 0 Å². The summed E-state index contributed by atoms with van der Waals surface area (Å²) in [5, 5.41) is 12.2. The quantitative estimate of drug-likeness (QED) is 0.782. The molecule has 2 N–H and O–H groups in total. The standard InChI is InChI=1S/C17H25NO2/c19-16-10-8-15(9-11-16)13-17(20)18-12-4-7-14-5-2-1-3-6-14/h8-11,14,19H,1-7,12-13H2,(H,18,20). The third kappa shape index (κ3) is 5.24. The zero-order valence-electron chi connectivity index (χ0n) is 12.1. The van der Waals surface area contributed by atoms with Crippen LogP contribution < -0.4 is 5.32 Å². The van der Waals surface area contributed by atoms with Crippen molar-refractivity contribution in [1.29, 1.82) is 0 Å². The molecule has 1 fully saturated rings. The zero-order chi connectivity index (χ0) is 14.2. The Morgan fingerprint density at radius 3 is 2.55 bits per heavy atom. The molecule has 20 heavy (non-hydrogen) atoms. The van der Waals surface area contributed by atoms with Gasteiger partial charge in [-0.3, -0.25) is 4.79 Å². The fraction of sp³-hybridized carbons (Fsp3) is 0.588. The predicted molar refractivity (Wildman–Crippen MR) is 80.6 cm³/mol. The summed E-state index contributed by atoms with van der Waals surface area (Å²) < 4.78 is 0. The molecule has 0 heterocycles. The molecule has 1 aliphatic rings. The summed E-state index contributed by atoms with van der Waals surface area (Å²) in [7, 11) is 0. The predicted octanol–water partition coefficient (Wildman–Crippen LogP) is 3.41. The van der Waals surface area contributed by atoms with E-state index < -0.39 is 0 Å². The number of carbonyl (C=O) groups excluding carboxylic acids is 1. The summed E-state index contributed by atoms with van der Waals surface area (Å²) in [6.45, 7) is 0.785. The van der Waals surface area contributed by atoms with E-state index in [1.807, 2.05) is 0 Å². The first-order valence-corrected chi connectivity index (χ1v) is 7.78. The molecule has 0 saturated heterocycles. The van der Waals surface area contributed by atoms with E-state index in [9.17, 15) is 9.90 Å². The highest BCUT2D eigenvalue weighted by molar-refractivity contribution is 5.78. The van der Waals surface area contributed by atoms with Gasteiger partial charge in [0.15, 0.2) is 0 Å². The summed E-state index contributed by atoms with van der Waals surface area (Å²) in [5.74, 6) is 1.19. The Morgan fingerprint density at radius 1 is 1.15 bits per heavy atom. The maximum absolute atomic E-state index is 11.8. The van der Waals surface area contributed by atoms with E-state index in [1.54, 1.807) is 24.3 Å². The van der Waals surface area contributed by atoms with E-state index in [1.165, 1.54) is 38.5 Å². The van der Waals surface area contributed by atoms with Gasteiger partial charge in [-0.1, -0.05) is 44.2 Å². The Hall–Kier alpha value is -1.51. The number of nitrogens with one attached hydrogen (secondary N) is 1. The van der Waals surface area contributed by atoms with Gasteiger partial charge in [-0.05, 0) is 36.5 Å². The summed E-state index contributed by atoms with van der Waals surface area (Å²) in [4.78, 5) is 11.8. The van der Waals surface area contributed by atoms with E-state index in [4.69, 9.17) is 0 Å². The molecule has 3 heteroatoms. The van der Waals surface area contributed by atoms with Gasteiger partial charge in [0.2, 0.25) is 5.91 Å². The van der Waals surface area contributed by atoms with Gasteiger partial charge < -0.3 is 10.4 Å². The number of hydrogen-bond donors (Lipinski definition) is 2. The van der Waals surface area contributed by atoms with Crippen molar-refractivity contribution in [3.63, 3.8) is 0 Å². The van der Waals surface area contributed by atoms with Crippen LogP contribution in [-0.4, -0.2) is 17.6 Å². The summed E-state index contributed by atoms with van der Waals surface area (Å²) in [6, 6.07) is 6.81. The van der Waals surface area contributed by atoms with E-state index in [2.05, 4.69) is 5.32 Å². The van der Waals surface area contributed by atoms with Gasteiger partial charge in [0.25, 0.3) is 0 Å². The number of phenolic OH excluding ortho intramolecular Hbond substituents is 1. The van der Waals surface area contributed by atoms with E-state index in [0.717, 1.165) is 24.4 Å². The molecular formula is C17H25NO2. The third-order valence-electron chi connectivity index (χ3n) is 4.14. The number of phenols is 1. The van der Waals surface area contributed by atoms with Crippen molar-refractivity contribution in [2.24, 2.45) is 5.92 Å². The van der Waals surface area contributed by atoms with E-state index >= 15 is 0 Å². The Kier molecular flexibility index (Phi) is 5.90. The van der Waals surface area contributed by atoms with Gasteiger partial charge >= 0.3 is 0 Å². The monoisotopic (exact) mass is 275 g/mol. The lowest BCUT2D eigenvalue weighted by molar-refractivity contribution is -0.120. The largest absolute Gasteiger partial charge is 0.508 e. The van der Waals surface area contributed by atoms with Crippen molar-refractivity contribution in [1.82, 2.24) is 5.32 Å². The lowest BCUT2D eigenvalue weighted by Crippen LogP contribution is -2.26. The molecule has 0 atom stereocenters. The molecule has 3 nitrogen and oxygen atoms in total. The van der Waals surface area contributed by atoms with Crippen molar-refractivity contribution in [3.05, 3.63) is 29.8 Å². The number of aromatic hydroxyl groups is 1. The molecule has 110 valence electrons. The maximum Gasteiger partial charge on any atom is 0.224 e. The van der Waals surface area contributed by atoms with Crippen LogP contribution in [0.3, 0.4) is 0 Å². The molecule has 1 saturated carbocycles. The first kappa shape index (κ1) is 14.9. The Bertz CT molecular complexity index is 408. The van der Waals surface area contributed by atoms with Gasteiger partial charge in [0.05, 0.1) is 6.42 Å². The molecule has 0 spiro atoms. The minimum atomic E-state index is 0.0688. The van der Waals surface area contributed by atoms with Crippen LogP contribution in [0.15, 0.2) is 24.3 Å². The third-order valence-corrected chi connectivity index (χ3v) is 4.14. The average Bonchev–Trinajstić information content (AvgIpc) is 2.47. The van der Waals surface area contributed by atoms with Crippen LogP contribution in [0.1, 0.15) is 50.5 Å². The minimum absolute atomic E-state index is 0.0688.